The first-order valence-electron chi connectivity index (χ1n) is 7.99. The van der Waals surface area contributed by atoms with Crippen LogP contribution in [0.2, 0.25) is 5.02 Å². The molecule has 5 nitrogen and oxygen atoms in total. The number of sulfonamides is 1. The molecule has 3 rings (SSSR count). The third kappa shape index (κ3) is 4.52. The molecular formula is C19H14ClF2N3O2S. The van der Waals surface area contributed by atoms with Gasteiger partial charge in [0.2, 0.25) is 0 Å². The highest BCUT2D eigenvalue weighted by Crippen LogP contribution is 2.26. The Bertz CT molecular complexity index is 1130. The highest BCUT2D eigenvalue weighted by molar-refractivity contribution is 7.92. The van der Waals surface area contributed by atoms with Gasteiger partial charge in [-0.2, -0.15) is 4.39 Å². The van der Waals surface area contributed by atoms with Gasteiger partial charge in [0.25, 0.3) is 10.0 Å². The van der Waals surface area contributed by atoms with Gasteiger partial charge in [-0.25, -0.2) is 22.8 Å². The van der Waals surface area contributed by atoms with Crippen molar-refractivity contribution < 1.29 is 17.2 Å². The van der Waals surface area contributed by atoms with E-state index in [0.717, 1.165) is 6.07 Å². The molecule has 144 valence electrons. The number of benzene rings is 2. The maximum Gasteiger partial charge on any atom is 0.308 e. The van der Waals surface area contributed by atoms with Crippen LogP contribution in [0.5, 0.6) is 0 Å². The van der Waals surface area contributed by atoms with Crippen molar-refractivity contribution in [1.82, 2.24) is 9.97 Å². The molecule has 1 heterocycles. The summed E-state index contributed by atoms with van der Waals surface area (Å²) < 4.78 is 54.6. The second kappa shape index (κ2) is 8.04. The van der Waals surface area contributed by atoms with E-state index in [9.17, 15) is 17.2 Å². The van der Waals surface area contributed by atoms with Crippen molar-refractivity contribution in [2.24, 2.45) is 0 Å². The topological polar surface area (TPSA) is 72.0 Å². The summed E-state index contributed by atoms with van der Waals surface area (Å²) in [6, 6.07) is 8.53. The summed E-state index contributed by atoms with van der Waals surface area (Å²) in [4.78, 5) is 6.73. The largest absolute Gasteiger partial charge is 0.308 e. The Morgan fingerprint density at radius 3 is 2.39 bits per heavy atom. The van der Waals surface area contributed by atoms with Gasteiger partial charge in [-0.15, -0.1) is 0 Å². The fourth-order valence-corrected chi connectivity index (χ4v) is 4.05. The molecule has 0 atom stereocenters. The quantitative estimate of drug-likeness (QED) is 0.607. The van der Waals surface area contributed by atoms with Gasteiger partial charge in [-0.3, -0.25) is 4.72 Å². The van der Waals surface area contributed by atoms with E-state index in [2.05, 4.69) is 14.7 Å². The number of nitrogens with one attached hydrogen (secondary N) is 1. The smallest absolute Gasteiger partial charge is 0.279 e. The van der Waals surface area contributed by atoms with Crippen LogP contribution in [0.25, 0.3) is 12.2 Å². The number of aryl methyl sites for hydroxylation is 1. The average Bonchev–Trinajstić information content (AvgIpc) is 2.62. The molecule has 0 unspecified atom stereocenters. The fourth-order valence-electron chi connectivity index (χ4n) is 2.49. The predicted molar refractivity (Wildman–Crippen MR) is 104 cm³/mol. The zero-order valence-corrected chi connectivity index (χ0v) is 16.1. The maximum atomic E-state index is 14.5. The minimum atomic E-state index is -3.97. The van der Waals surface area contributed by atoms with E-state index >= 15 is 0 Å². The number of aromatic nitrogens is 2. The molecule has 0 spiro atoms. The van der Waals surface area contributed by atoms with Crippen molar-refractivity contribution in [3.05, 3.63) is 82.4 Å². The lowest BCUT2D eigenvalue weighted by Crippen LogP contribution is -2.14. The number of hydrogen-bond donors (Lipinski definition) is 1. The highest BCUT2D eigenvalue weighted by atomic mass is 35.5. The molecule has 0 radical (unpaired) electrons. The van der Waals surface area contributed by atoms with Crippen molar-refractivity contribution >= 4 is 39.5 Å². The molecule has 0 saturated heterocycles. The zero-order chi connectivity index (χ0) is 20.3. The van der Waals surface area contributed by atoms with Crippen LogP contribution in [0.4, 0.5) is 14.5 Å². The van der Waals surface area contributed by atoms with Gasteiger partial charge in [0, 0.05) is 23.5 Å². The molecule has 0 aliphatic heterocycles. The predicted octanol–water partition coefficient (Wildman–Crippen LogP) is 4.69. The molecule has 2 aromatic carbocycles. The summed E-state index contributed by atoms with van der Waals surface area (Å²) in [5.41, 5.74) is 1.31. The molecule has 0 aliphatic rings. The Balaban J connectivity index is 1.88. The van der Waals surface area contributed by atoms with Gasteiger partial charge in [-0.05, 0) is 36.8 Å². The van der Waals surface area contributed by atoms with E-state index in [1.54, 1.807) is 19.1 Å². The molecular weight excluding hydrogens is 408 g/mol. The fraction of sp³-hybridized carbons (Fsp3) is 0.0526. The Morgan fingerprint density at radius 1 is 1.07 bits per heavy atom. The standard InChI is InChI=1S/C19H14ClF2N3O2S/c1-12-8-14(25-28(26,27)18-5-3-2-4-16(18)20)9-17(21)15(12)7-6-13-10-23-19(22)24-11-13/h2-11,25H,1H3/b7-6+. The minimum absolute atomic E-state index is 0.0632. The highest BCUT2D eigenvalue weighted by Gasteiger charge is 2.18. The van der Waals surface area contributed by atoms with Crippen LogP contribution < -0.4 is 4.72 Å². The number of nitrogens with zero attached hydrogens (tertiary/aromatic N) is 2. The van der Waals surface area contributed by atoms with Crippen molar-refractivity contribution in [1.29, 1.82) is 0 Å². The van der Waals surface area contributed by atoms with Crippen LogP contribution in [0, 0.1) is 18.8 Å². The Morgan fingerprint density at radius 2 is 1.75 bits per heavy atom. The number of hydrogen-bond acceptors (Lipinski definition) is 4. The van der Waals surface area contributed by atoms with Crippen molar-refractivity contribution in [2.45, 2.75) is 11.8 Å². The Kier molecular flexibility index (Phi) is 5.71. The Labute approximate surface area is 165 Å². The molecule has 1 aromatic heterocycles. The zero-order valence-electron chi connectivity index (χ0n) is 14.5. The third-order valence-electron chi connectivity index (χ3n) is 3.80. The van der Waals surface area contributed by atoms with Gasteiger partial charge in [-0.1, -0.05) is 35.9 Å². The van der Waals surface area contributed by atoms with Gasteiger partial charge < -0.3 is 0 Å². The normalized spacial score (nSPS) is 11.7. The van der Waals surface area contributed by atoms with E-state index in [0.29, 0.717) is 11.1 Å². The maximum absolute atomic E-state index is 14.5. The molecule has 0 saturated carbocycles. The number of anilines is 1. The van der Waals surface area contributed by atoms with E-state index in [1.807, 2.05) is 0 Å². The number of rotatable bonds is 5. The van der Waals surface area contributed by atoms with Crippen molar-refractivity contribution in [3.8, 4) is 0 Å². The van der Waals surface area contributed by atoms with Crippen LogP contribution in [0.3, 0.4) is 0 Å². The lowest BCUT2D eigenvalue weighted by atomic mass is 10.1. The molecule has 1 N–H and O–H groups in total. The summed E-state index contributed by atoms with van der Waals surface area (Å²) in [6.45, 7) is 1.64. The summed E-state index contributed by atoms with van der Waals surface area (Å²) in [7, 11) is -3.97. The van der Waals surface area contributed by atoms with E-state index in [4.69, 9.17) is 11.6 Å². The first-order valence-corrected chi connectivity index (χ1v) is 9.85. The summed E-state index contributed by atoms with van der Waals surface area (Å²) >= 11 is 5.94. The van der Waals surface area contributed by atoms with E-state index in [-0.39, 0.29) is 21.2 Å². The second-order valence-corrected chi connectivity index (χ2v) is 7.90. The second-order valence-electron chi connectivity index (χ2n) is 5.84. The van der Waals surface area contributed by atoms with Crippen molar-refractivity contribution in [3.63, 3.8) is 0 Å². The summed E-state index contributed by atoms with van der Waals surface area (Å²) in [6.07, 6.45) is 4.68. The van der Waals surface area contributed by atoms with Crippen LogP contribution >= 0.6 is 11.6 Å². The van der Waals surface area contributed by atoms with Crippen LogP contribution in [0.1, 0.15) is 16.7 Å². The first kappa shape index (κ1) is 19.9. The molecule has 0 bridgehead atoms. The SMILES string of the molecule is Cc1cc(NS(=O)(=O)c2ccccc2Cl)cc(F)c1/C=C/c1cnc(F)nc1. The van der Waals surface area contributed by atoms with Gasteiger partial charge in [0.15, 0.2) is 0 Å². The summed E-state index contributed by atoms with van der Waals surface area (Å²) in [5.74, 6) is -0.629. The number of halogens is 3. The van der Waals surface area contributed by atoms with Crippen molar-refractivity contribution in [2.75, 3.05) is 4.72 Å². The van der Waals surface area contributed by atoms with E-state index < -0.39 is 21.9 Å². The third-order valence-corrected chi connectivity index (χ3v) is 5.68. The molecule has 9 heteroatoms. The Hall–Kier alpha value is -2.84. The van der Waals surface area contributed by atoms with Crippen LogP contribution in [-0.2, 0) is 10.0 Å². The van der Waals surface area contributed by atoms with Gasteiger partial charge >= 0.3 is 6.08 Å². The molecule has 0 amide bonds. The molecule has 0 fully saturated rings. The monoisotopic (exact) mass is 421 g/mol. The van der Waals surface area contributed by atoms with Crippen LogP contribution in [-0.4, -0.2) is 18.4 Å². The summed E-state index contributed by atoms with van der Waals surface area (Å²) in [5, 5.41) is 0.0632. The molecule has 28 heavy (non-hydrogen) atoms. The van der Waals surface area contributed by atoms with Gasteiger partial charge in [0.1, 0.15) is 10.7 Å². The van der Waals surface area contributed by atoms with Gasteiger partial charge in [0.05, 0.1) is 10.7 Å². The van der Waals surface area contributed by atoms with E-state index in [1.165, 1.54) is 42.7 Å². The first-order chi connectivity index (χ1) is 13.3. The average molecular weight is 422 g/mol. The van der Waals surface area contributed by atoms with Crippen LogP contribution in [0.15, 0.2) is 53.7 Å². The minimum Gasteiger partial charge on any atom is -0.279 e. The lowest BCUT2D eigenvalue weighted by Gasteiger charge is -2.12. The molecule has 0 aliphatic carbocycles. The molecule has 3 aromatic rings. The lowest BCUT2D eigenvalue weighted by molar-refractivity contribution is 0.538.